The van der Waals surface area contributed by atoms with Gasteiger partial charge < -0.3 is 20.4 Å². The molecule has 0 aliphatic rings. The summed E-state index contributed by atoms with van der Waals surface area (Å²) in [5.74, 6) is -6.66. The SMILES string of the molecule is CCCCC(CC)(C(=O)O)C(CC(=O)O)C(=CC=CC(=O)O)C(=O)O. The van der Waals surface area contributed by atoms with Crippen molar-refractivity contribution in [2.75, 3.05) is 0 Å². The molecular weight excluding hydrogens is 332 g/mol. The molecule has 0 aromatic heterocycles. The average Bonchev–Trinajstić information content (AvgIpc) is 2.50. The maximum atomic E-state index is 12.0. The van der Waals surface area contributed by atoms with Crippen LogP contribution in [0.4, 0.5) is 0 Å². The van der Waals surface area contributed by atoms with Gasteiger partial charge in [-0.15, -0.1) is 0 Å². The first-order valence-electron chi connectivity index (χ1n) is 7.92. The minimum atomic E-state index is -1.56. The second kappa shape index (κ2) is 10.3. The summed E-state index contributed by atoms with van der Waals surface area (Å²) in [6, 6.07) is 0. The number of unbranched alkanes of at least 4 members (excludes halogenated alkanes) is 1. The highest BCUT2D eigenvalue weighted by molar-refractivity contribution is 5.91. The van der Waals surface area contributed by atoms with Gasteiger partial charge in [-0.05, 0) is 12.8 Å². The van der Waals surface area contributed by atoms with E-state index in [0.717, 1.165) is 12.2 Å². The van der Waals surface area contributed by atoms with Gasteiger partial charge >= 0.3 is 23.9 Å². The van der Waals surface area contributed by atoms with Crippen LogP contribution in [-0.4, -0.2) is 44.3 Å². The molecule has 2 unspecified atom stereocenters. The van der Waals surface area contributed by atoms with Gasteiger partial charge in [-0.2, -0.15) is 0 Å². The van der Waals surface area contributed by atoms with Crippen LogP contribution in [0.1, 0.15) is 46.0 Å². The second-order valence-corrected chi connectivity index (χ2v) is 5.69. The molecule has 0 saturated carbocycles. The highest BCUT2D eigenvalue weighted by atomic mass is 16.4. The largest absolute Gasteiger partial charge is 0.481 e. The van der Waals surface area contributed by atoms with Gasteiger partial charge in [0.1, 0.15) is 0 Å². The predicted molar refractivity (Wildman–Crippen MR) is 88.1 cm³/mol. The van der Waals surface area contributed by atoms with Crippen molar-refractivity contribution in [2.24, 2.45) is 11.3 Å². The van der Waals surface area contributed by atoms with E-state index in [9.17, 15) is 29.4 Å². The van der Waals surface area contributed by atoms with Gasteiger partial charge in [0, 0.05) is 17.6 Å². The van der Waals surface area contributed by atoms with Crippen molar-refractivity contribution in [3.8, 4) is 0 Å². The summed E-state index contributed by atoms with van der Waals surface area (Å²) in [5, 5.41) is 37.0. The van der Waals surface area contributed by atoms with Crippen molar-refractivity contribution in [3.05, 3.63) is 23.8 Å². The molecule has 4 N–H and O–H groups in total. The Hall–Kier alpha value is -2.64. The maximum Gasteiger partial charge on any atom is 0.331 e. The Morgan fingerprint density at radius 3 is 2.00 bits per heavy atom. The third kappa shape index (κ3) is 6.40. The second-order valence-electron chi connectivity index (χ2n) is 5.69. The van der Waals surface area contributed by atoms with E-state index in [1.165, 1.54) is 0 Å². The van der Waals surface area contributed by atoms with Crippen molar-refractivity contribution in [1.82, 2.24) is 0 Å². The Kier molecular flexibility index (Phi) is 9.19. The molecule has 0 heterocycles. The van der Waals surface area contributed by atoms with Crippen LogP contribution in [0, 0.1) is 11.3 Å². The summed E-state index contributed by atoms with van der Waals surface area (Å²) in [5.41, 5.74) is -1.99. The topological polar surface area (TPSA) is 149 Å². The fraction of sp³-hybridized carbons (Fsp3) is 0.529. The molecule has 0 saturated heterocycles. The normalized spacial score (nSPS) is 15.5. The molecule has 25 heavy (non-hydrogen) atoms. The molecule has 140 valence electrons. The predicted octanol–water partition coefficient (Wildman–Crippen LogP) is 2.40. The van der Waals surface area contributed by atoms with Crippen molar-refractivity contribution < 1.29 is 39.6 Å². The van der Waals surface area contributed by atoms with Crippen molar-refractivity contribution in [2.45, 2.75) is 46.0 Å². The molecule has 0 aromatic rings. The molecule has 0 fully saturated rings. The molecule has 8 nitrogen and oxygen atoms in total. The highest BCUT2D eigenvalue weighted by Gasteiger charge is 2.47. The maximum absolute atomic E-state index is 12.0. The van der Waals surface area contributed by atoms with E-state index in [-0.39, 0.29) is 12.8 Å². The molecule has 0 spiro atoms. The van der Waals surface area contributed by atoms with Crippen LogP contribution in [0.5, 0.6) is 0 Å². The Labute approximate surface area is 145 Å². The van der Waals surface area contributed by atoms with Crippen LogP contribution in [0.2, 0.25) is 0 Å². The number of aliphatic carboxylic acids is 4. The zero-order valence-electron chi connectivity index (χ0n) is 14.3. The molecule has 0 aromatic carbocycles. The molecule has 0 aliphatic heterocycles. The Balaban J connectivity index is 6.28. The molecule has 0 bridgehead atoms. The molecular formula is C17H24O8. The Morgan fingerprint density at radius 1 is 1.04 bits per heavy atom. The Morgan fingerprint density at radius 2 is 1.64 bits per heavy atom. The van der Waals surface area contributed by atoms with E-state index in [2.05, 4.69) is 0 Å². The third-order valence-electron chi connectivity index (χ3n) is 4.22. The van der Waals surface area contributed by atoms with Crippen molar-refractivity contribution in [3.63, 3.8) is 0 Å². The standard InChI is InChI=1S/C17H24O8/c1-3-5-9-17(4-2,16(24)25)12(10-14(20)21)11(15(22)23)7-6-8-13(18)19/h6-8,12H,3-5,9-10H2,1-2H3,(H,18,19)(H,20,21)(H,22,23)(H,24,25). The molecule has 0 radical (unpaired) electrons. The summed E-state index contributed by atoms with van der Waals surface area (Å²) >= 11 is 0. The van der Waals surface area contributed by atoms with E-state index in [1.807, 2.05) is 6.92 Å². The molecule has 0 aliphatic carbocycles. The quantitative estimate of drug-likeness (QED) is 0.307. The van der Waals surface area contributed by atoms with Crippen LogP contribution in [-0.2, 0) is 19.2 Å². The van der Waals surface area contributed by atoms with Gasteiger partial charge in [-0.1, -0.05) is 38.8 Å². The molecule has 0 amide bonds. The van der Waals surface area contributed by atoms with Crippen LogP contribution in [0.3, 0.4) is 0 Å². The lowest BCUT2D eigenvalue weighted by atomic mass is 9.65. The lowest BCUT2D eigenvalue weighted by molar-refractivity contribution is -0.155. The fourth-order valence-corrected chi connectivity index (χ4v) is 2.85. The number of rotatable bonds is 12. The molecule has 2 atom stereocenters. The average molecular weight is 356 g/mol. The highest BCUT2D eigenvalue weighted by Crippen LogP contribution is 2.43. The minimum absolute atomic E-state index is 0.0492. The molecule has 0 rings (SSSR count). The number of carbonyl (C=O) groups is 4. The number of allylic oxidation sites excluding steroid dienone is 2. The van der Waals surface area contributed by atoms with E-state index in [0.29, 0.717) is 18.9 Å². The van der Waals surface area contributed by atoms with E-state index < -0.39 is 47.2 Å². The van der Waals surface area contributed by atoms with E-state index >= 15 is 0 Å². The van der Waals surface area contributed by atoms with Gasteiger partial charge in [0.05, 0.1) is 11.8 Å². The zero-order chi connectivity index (χ0) is 19.6. The van der Waals surface area contributed by atoms with Gasteiger partial charge in [-0.3, -0.25) is 9.59 Å². The summed E-state index contributed by atoms with van der Waals surface area (Å²) in [7, 11) is 0. The zero-order valence-corrected chi connectivity index (χ0v) is 14.3. The lowest BCUT2D eigenvalue weighted by Crippen LogP contribution is -2.41. The van der Waals surface area contributed by atoms with Gasteiger partial charge in [0.15, 0.2) is 0 Å². The minimum Gasteiger partial charge on any atom is -0.481 e. The summed E-state index contributed by atoms with van der Waals surface area (Å²) in [6.45, 7) is 3.42. The van der Waals surface area contributed by atoms with Crippen LogP contribution < -0.4 is 0 Å². The molecule has 8 heteroatoms. The van der Waals surface area contributed by atoms with Crippen molar-refractivity contribution in [1.29, 1.82) is 0 Å². The first kappa shape index (κ1) is 22.4. The van der Waals surface area contributed by atoms with E-state index in [1.54, 1.807) is 6.92 Å². The van der Waals surface area contributed by atoms with Crippen LogP contribution in [0.25, 0.3) is 0 Å². The van der Waals surface area contributed by atoms with Crippen molar-refractivity contribution >= 4 is 23.9 Å². The first-order chi connectivity index (χ1) is 11.6. The van der Waals surface area contributed by atoms with E-state index in [4.69, 9.17) is 10.2 Å². The van der Waals surface area contributed by atoms with Gasteiger partial charge in [0.2, 0.25) is 0 Å². The van der Waals surface area contributed by atoms with Crippen LogP contribution >= 0.6 is 0 Å². The first-order valence-corrected chi connectivity index (χ1v) is 7.92. The number of hydrogen-bond donors (Lipinski definition) is 4. The smallest absolute Gasteiger partial charge is 0.331 e. The number of carboxylic acid groups (broad SMARTS) is 4. The summed E-state index contributed by atoms with van der Waals surface area (Å²) in [6.07, 6.45) is 3.28. The summed E-state index contributed by atoms with van der Waals surface area (Å²) in [4.78, 5) is 45.4. The van der Waals surface area contributed by atoms with Gasteiger partial charge in [-0.25, -0.2) is 9.59 Å². The summed E-state index contributed by atoms with van der Waals surface area (Å²) < 4.78 is 0. The monoisotopic (exact) mass is 356 g/mol. The lowest BCUT2D eigenvalue weighted by Gasteiger charge is -2.36. The number of carboxylic acids is 4. The number of hydrogen-bond acceptors (Lipinski definition) is 4. The Bertz CT molecular complexity index is 575. The van der Waals surface area contributed by atoms with Gasteiger partial charge in [0.25, 0.3) is 0 Å². The third-order valence-corrected chi connectivity index (χ3v) is 4.22. The fourth-order valence-electron chi connectivity index (χ4n) is 2.85. The van der Waals surface area contributed by atoms with Crippen LogP contribution in [0.15, 0.2) is 23.8 Å².